The summed E-state index contributed by atoms with van der Waals surface area (Å²) < 4.78 is 17.7. The highest BCUT2D eigenvalue weighted by Crippen LogP contribution is 2.32. The largest absolute Gasteiger partial charge is 0.454 e. The number of fused-ring (bicyclic) bond motifs is 1. The van der Waals surface area contributed by atoms with Crippen LogP contribution in [-0.4, -0.2) is 30.8 Å². The molecule has 2 N–H and O–H groups in total. The second kappa shape index (κ2) is 12.1. The van der Waals surface area contributed by atoms with Crippen LogP contribution in [0.4, 0.5) is 5.69 Å². The molecule has 0 aromatic heterocycles. The Morgan fingerprint density at radius 2 is 1.50 bits per heavy atom. The molecule has 2 amide bonds. The summed E-state index contributed by atoms with van der Waals surface area (Å²) in [6, 6.07) is 23.1. The highest BCUT2D eigenvalue weighted by molar-refractivity contribution is 9.10. The lowest BCUT2D eigenvalue weighted by Crippen LogP contribution is -2.18. The highest BCUT2D eigenvalue weighted by atomic mass is 79.9. The molecule has 5 rings (SSSR count). The van der Waals surface area contributed by atoms with E-state index in [0.717, 1.165) is 8.95 Å². The Labute approximate surface area is 245 Å². The van der Waals surface area contributed by atoms with Gasteiger partial charge in [0.1, 0.15) is 5.75 Å². The van der Waals surface area contributed by atoms with E-state index in [4.69, 9.17) is 14.2 Å². The van der Waals surface area contributed by atoms with Crippen LogP contribution in [0.5, 0.6) is 17.2 Å². The molecule has 1 aliphatic heterocycles. The monoisotopic (exact) mass is 663 g/mol. The van der Waals surface area contributed by atoms with Crippen molar-refractivity contribution in [3.05, 3.63) is 116 Å². The number of esters is 1. The average molecular weight is 665 g/mol. The van der Waals surface area contributed by atoms with E-state index in [1.54, 1.807) is 78.9 Å². The first-order valence-electron chi connectivity index (χ1n) is 11.8. The van der Waals surface area contributed by atoms with Crippen LogP contribution in [0.25, 0.3) is 0 Å². The third-order valence-electron chi connectivity index (χ3n) is 5.64. The number of hydrazone groups is 1. The van der Waals surface area contributed by atoms with Crippen molar-refractivity contribution in [1.29, 1.82) is 0 Å². The van der Waals surface area contributed by atoms with E-state index in [0.29, 0.717) is 33.9 Å². The number of halogens is 2. The number of hydrogen-bond acceptors (Lipinski definition) is 7. The molecule has 4 aromatic rings. The quantitative estimate of drug-likeness (QED) is 0.106. The predicted octanol–water partition coefficient (Wildman–Crippen LogP) is 6.18. The molecule has 0 spiro atoms. The fraction of sp³-hybridized carbons (Fsp3) is 0.0345. The summed E-state index contributed by atoms with van der Waals surface area (Å²) in [5, 5.41) is 6.79. The number of anilines is 1. The zero-order valence-electron chi connectivity index (χ0n) is 20.5. The lowest BCUT2D eigenvalue weighted by Gasteiger charge is -2.09. The van der Waals surface area contributed by atoms with Crippen molar-refractivity contribution in [2.45, 2.75) is 0 Å². The molecule has 0 radical (unpaired) electrons. The SMILES string of the molecule is O=C(NN=Cc1cc(Br)ccc1OC(=O)c1ccc(Br)cc1)c1cccc(NC(=O)c2ccc3c(c2)OCO3)c1. The maximum atomic E-state index is 12.7. The fourth-order valence-corrected chi connectivity index (χ4v) is 4.31. The first-order valence-corrected chi connectivity index (χ1v) is 13.4. The zero-order valence-corrected chi connectivity index (χ0v) is 23.7. The van der Waals surface area contributed by atoms with E-state index < -0.39 is 11.9 Å². The number of nitrogens with zero attached hydrogens (tertiary/aromatic N) is 1. The van der Waals surface area contributed by atoms with E-state index in [1.165, 1.54) is 12.3 Å². The Kier molecular flexibility index (Phi) is 8.23. The van der Waals surface area contributed by atoms with Gasteiger partial charge in [0, 0.05) is 31.3 Å². The van der Waals surface area contributed by atoms with Gasteiger partial charge in [-0.25, -0.2) is 10.2 Å². The lowest BCUT2D eigenvalue weighted by molar-refractivity contribution is 0.0733. The van der Waals surface area contributed by atoms with Crippen LogP contribution in [0.2, 0.25) is 0 Å². The summed E-state index contributed by atoms with van der Waals surface area (Å²) in [7, 11) is 0. The molecule has 1 heterocycles. The normalized spacial score (nSPS) is 11.8. The number of carbonyl (C=O) groups excluding carboxylic acids is 3. The van der Waals surface area contributed by atoms with E-state index in [-0.39, 0.29) is 24.0 Å². The van der Waals surface area contributed by atoms with Gasteiger partial charge in [-0.3, -0.25) is 9.59 Å². The molecular weight excluding hydrogens is 646 g/mol. The molecule has 9 nitrogen and oxygen atoms in total. The van der Waals surface area contributed by atoms with Gasteiger partial charge in [0.25, 0.3) is 11.8 Å². The van der Waals surface area contributed by atoms with Gasteiger partial charge in [0.15, 0.2) is 11.5 Å². The topological polar surface area (TPSA) is 115 Å². The summed E-state index contributed by atoms with van der Waals surface area (Å²) in [4.78, 5) is 38.0. The summed E-state index contributed by atoms with van der Waals surface area (Å²) in [5.74, 6) is -0.0631. The van der Waals surface area contributed by atoms with Gasteiger partial charge in [-0.2, -0.15) is 5.10 Å². The van der Waals surface area contributed by atoms with Crippen LogP contribution in [-0.2, 0) is 0 Å². The summed E-state index contributed by atoms with van der Waals surface area (Å²) in [6.07, 6.45) is 1.37. The van der Waals surface area contributed by atoms with E-state index in [2.05, 4.69) is 47.7 Å². The number of rotatable bonds is 7. The van der Waals surface area contributed by atoms with Gasteiger partial charge in [-0.15, -0.1) is 0 Å². The average Bonchev–Trinajstić information content (AvgIpc) is 3.43. The van der Waals surface area contributed by atoms with E-state index >= 15 is 0 Å². The molecular formula is C29H19Br2N3O6. The number of hydrogen-bond donors (Lipinski definition) is 2. The molecule has 40 heavy (non-hydrogen) atoms. The van der Waals surface area contributed by atoms with Crippen LogP contribution in [0.15, 0.2) is 99.0 Å². The van der Waals surface area contributed by atoms with Crippen molar-refractivity contribution in [3.8, 4) is 17.2 Å². The highest BCUT2D eigenvalue weighted by Gasteiger charge is 2.17. The van der Waals surface area contributed by atoms with Crippen molar-refractivity contribution >= 4 is 61.5 Å². The number of ether oxygens (including phenoxy) is 3. The molecule has 0 unspecified atom stereocenters. The fourth-order valence-electron chi connectivity index (χ4n) is 3.66. The Morgan fingerprint density at radius 1 is 0.775 bits per heavy atom. The maximum Gasteiger partial charge on any atom is 0.343 e. The van der Waals surface area contributed by atoms with Crippen LogP contribution < -0.4 is 25.0 Å². The second-order valence-electron chi connectivity index (χ2n) is 8.38. The van der Waals surface area contributed by atoms with Crippen LogP contribution in [0.1, 0.15) is 36.6 Å². The molecule has 0 aliphatic carbocycles. The third kappa shape index (κ3) is 6.56. The Bertz CT molecular complexity index is 1640. The van der Waals surface area contributed by atoms with E-state index in [1.807, 2.05) is 0 Å². The third-order valence-corrected chi connectivity index (χ3v) is 6.66. The zero-order chi connectivity index (χ0) is 28.1. The van der Waals surface area contributed by atoms with Gasteiger partial charge in [-0.05, 0) is 78.9 Å². The number of benzene rings is 4. The van der Waals surface area contributed by atoms with Crippen molar-refractivity contribution in [1.82, 2.24) is 5.43 Å². The maximum absolute atomic E-state index is 12.7. The van der Waals surface area contributed by atoms with Gasteiger partial charge in [0.05, 0.1) is 11.8 Å². The van der Waals surface area contributed by atoms with Crippen LogP contribution in [0.3, 0.4) is 0 Å². The Morgan fingerprint density at radius 3 is 2.33 bits per heavy atom. The molecule has 1 aliphatic rings. The minimum atomic E-state index is -0.534. The molecule has 200 valence electrons. The lowest BCUT2D eigenvalue weighted by atomic mass is 10.1. The van der Waals surface area contributed by atoms with Gasteiger partial charge < -0.3 is 19.5 Å². The molecule has 0 atom stereocenters. The smallest absolute Gasteiger partial charge is 0.343 e. The standard InChI is InChI=1S/C29H19Br2N3O6/c30-21-7-4-17(5-8-21)29(37)40-24-11-9-22(31)12-20(24)15-32-34-28(36)18-2-1-3-23(13-18)33-27(35)19-6-10-25-26(14-19)39-16-38-25/h1-15H,16H2,(H,33,35)(H,34,36). The van der Waals surface area contributed by atoms with Gasteiger partial charge in [0.2, 0.25) is 6.79 Å². The van der Waals surface area contributed by atoms with E-state index in [9.17, 15) is 14.4 Å². The van der Waals surface area contributed by atoms with Crippen LogP contribution >= 0.6 is 31.9 Å². The number of nitrogens with one attached hydrogen (secondary N) is 2. The first-order chi connectivity index (χ1) is 19.4. The van der Waals surface area contributed by atoms with Gasteiger partial charge in [-0.1, -0.05) is 37.9 Å². The summed E-state index contributed by atoms with van der Waals surface area (Å²) in [6.45, 7) is 0.111. The second-order valence-corrected chi connectivity index (χ2v) is 10.2. The molecule has 0 saturated carbocycles. The molecule has 4 aromatic carbocycles. The predicted molar refractivity (Wildman–Crippen MR) is 155 cm³/mol. The summed E-state index contributed by atoms with van der Waals surface area (Å²) >= 11 is 6.72. The Balaban J connectivity index is 1.24. The Hall–Kier alpha value is -4.48. The molecule has 0 saturated heterocycles. The minimum Gasteiger partial charge on any atom is -0.454 e. The number of carbonyl (C=O) groups is 3. The minimum absolute atomic E-state index is 0.111. The van der Waals surface area contributed by atoms with Crippen molar-refractivity contribution in [2.75, 3.05) is 12.1 Å². The molecule has 11 heteroatoms. The first kappa shape index (κ1) is 27.1. The van der Waals surface area contributed by atoms with Gasteiger partial charge >= 0.3 is 5.97 Å². The molecule has 0 bridgehead atoms. The number of amides is 2. The van der Waals surface area contributed by atoms with Crippen molar-refractivity contribution in [2.24, 2.45) is 5.10 Å². The molecule has 0 fully saturated rings. The van der Waals surface area contributed by atoms with Crippen molar-refractivity contribution in [3.63, 3.8) is 0 Å². The summed E-state index contributed by atoms with van der Waals surface area (Å²) in [5.41, 5.74) is 4.38. The van der Waals surface area contributed by atoms with Crippen molar-refractivity contribution < 1.29 is 28.6 Å². The van der Waals surface area contributed by atoms with Crippen LogP contribution in [0, 0.1) is 0 Å².